The zero-order chi connectivity index (χ0) is 13.8. The molecule has 0 aliphatic carbocycles. The van der Waals surface area contributed by atoms with E-state index in [0.29, 0.717) is 23.2 Å². The van der Waals surface area contributed by atoms with Crippen LogP contribution in [0.25, 0.3) is 11.1 Å². The number of nitrogen functional groups attached to an aromatic ring is 1. The second-order valence-corrected chi connectivity index (χ2v) is 4.13. The molecule has 0 radical (unpaired) electrons. The first-order valence-corrected chi connectivity index (χ1v) is 5.87. The Morgan fingerprint density at radius 1 is 1.11 bits per heavy atom. The second kappa shape index (κ2) is 5.49. The van der Waals surface area contributed by atoms with Crippen molar-refractivity contribution in [1.29, 1.82) is 0 Å². The van der Waals surface area contributed by atoms with Crippen molar-refractivity contribution in [2.75, 3.05) is 12.3 Å². The lowest BCUT2D eigenvalue weighted by molar-refractivity contribution is -0.384. The van der Waals surface area contributed by atoms with E-state index in [0.717, 1.165) is 5.56 Å². The van der Waals surface area contributed by atoms with Gasteiger partial charge in [0.2, 0.25) is 0 Å². The Morgan fingerprint density at radius 2 is 1.79 bits per heavy atom. The number of nitro benzene ring substituents is 1. The summed E-state index contributed by atoms with van der Waals surface area (Å²) in [6, 6.07) is 11.8. The van der Waals surface area contributed by atoms with Crippen LogP contribution >= 0.6 is 0 Å². The maximum Gasteiger partial charge on any atom is 0.277 e. The molecule has 2 aromatic rings. The molecule has 0 amide bonds. The normalized spacial score (nSPS) is 10.4. The van der Waals surface area contributed by atoms with Crippen molar-refractivity contribution in [3.63, 3.8) is 0 Å². The molecule has 0 saturated carbocycles. The molecule has 5 heteroatoms. The molecule has 0 aromatic heterocycles. The lowest BCUT2D eigenvalue weighted by Gasteiger charge is -2.10. The van der Waals surface area contributed by atoms with Crippen LogP contribution in [0.15, 0.2) is 42.5 Å². The van der Waals surface area contributed by atoms with Crippen LogP contribution in [0.4, 0.5) is 11.4 Å². The fraction of sp³-hybridized carbons (Fsp3) is 0.143. The highest BCUT2D eigenvalue weighted by atomic mass is 16.6. The maximum atomic E-state index is 11.0. The molecule has 0 bridgehead atoms. The van der Waals surface area contributed by atoms with Gasteiger partial charge >= 0.3 is 0 Å². The highest BCUT2D eigenvalue weighted by Crippen LogP contribution is 2.34. The lowest BCUT2D eigenvalue weighted by atomic mass is 9.98. The Kier molecular flexibility index (Phi) is 3.77. The van der Waals surface area contributed by atoms with Gasteiger partial charge in [-0.1, -0.05) is 30.3 Å². The van der Waals surface area contributed by atoms with Crippen LogP contribution in [0.5, 0.6) is 0 Å². The SMILES string of the molecule is Nc1c(CCO)cccc1-c1ccccc1[N+](=O)[O-]. The van der Waals surface area contributed by atoms with Crippen LogP contribution in [0.3, 0.4) is 0 Å². The van der Waals surface area contributed by atoms with Crippen LogP contribution in [-0.4, -0.2) is 16.6 Å². The molecule has 0 aliphatic heterocycles. The van der Waals surface area contributed by atoms with Crippen LogP contribution in [0.1, 0.15) is 5.56 Å². The average Bonchev–Trinajstić information content (AvgIpc) is 2.41. The van der Waals surface area contributed by atoms with Crippen LogP contribution in [-0.2, 0) is 6.42 Å². The molecule has 19 heavy (non-hydrogen) atoms. The molecule has 0 atom stereocenters. The van der Waals surface area contributed by atoms with Gasteiger partial charge in [0.1, 0.15) is 0 Å². The Bertz CT molecular complexity index is 611. The minimum absolute atomic E-state index is 0.00939. The van der Waals surface area contributed by atoms with Gasteiger partial charge in [-0.25, -0.2) is 0 Å². The number of benzene rings is 2. The van der Waals surface area contributed by atoms with E-state index >= 15 is 0 Å². The van der Waals surface area contributed by atoms with Crippen molar-refractivity contribution in [3.05, 3.63) is 58.1 Å². The number of rotatable bonds is 4. The van der Waals surface area contributed by atoms with Gasteiger partial charge in [0.05, 0.1) is 10.5 Å². The number of hydrogen-bond donors (Lipinski definition) is 2. The Balaban J connectivity index is 2.59. The topological polar surface area (TPSA) is 89.4 Å². The predicted octanol–water partition coefficient (Wildman–Crippen LogP) is 2.38. The number of nitrogens with zero attached hydrogens (tertiary/aromatic N) is 1. The standard InChI is InChI=1S/C14H14N2O3/c15-14-10(8-9-17)4-3-6-12(14)11-5-1-2-7-13(11)16(18)19/h1-7,17H,8-9,15H2. The van der Waals surface area contributed by atoms with Crippen molar-refractivity contribution in [1.82, 2.24) is 0 Å². The van der Waals surface area contributed by atoms with E-state index in [1.54, 1.807) is 30.3 Å². The van der Waals surface area contributed by atoms with E-state index in [1.807, 2.05) is 6.07 Å². The average molecular weight is 258 g/mol. The van der Waals surface area contributed by atoms with E-state index < -0.39 is 4.92 Å². The van der Waals surface area contributed by atoms with Gasteiger partial charge in [-0.15, -0.1) is 0 Å². The van der Waals surface area contributed by atoms with Crippen molar-refractivity contribution in [2.24, 2.45) is 0 Å². The van der Waals surface area contributed by atoms with Crippen molar-refractivity contribution < 1.29 is 10.0 Å². The highest BCUT2D eigenvalue weighted by molar-refractivity contribution is 5.83. The van der Waals surface area contributed by atoms with E-state index in [9.17, 15) is 10.1 Å². The summed E-state index contributed by atoms with van der Waals surface area (Å²) in [4.78, 5) is 10.6. The summed E-state index contributed by atoms with van der Waals surface area (Å²) < 4.78 is 0. The molecular formula is C14H14N2O3. The summed E-state index contributed by atoms with van der Waals surface area (Å²) >= 11 is 0. The van der Waals surface area contributed by atoms with Crippen LogP contribution in [0.2, 0.25) is 0 Å². The number of hydrogen-bond acceptors (Lipinski definition) is 4. The molecule has 2 aromatic carbocycles. The minimum Gasteiger partial charge on any atom is -0.398 e. The Labute approximate surface area is 110 Å². The molecule has 0 heterocycles. The predicted molar refractivity (Wildman–Crippen MR) is 73.7 cm³/mol. The number of para-hydroxylation sites is 2. The third-order valence-corrected chi connectivity index (χ3v) is 2.97. The maximum absolute atomic E-state index is 11.0. The van der Waals surface area contributed by atoms with Crippen LogP contribution in [0, 0.1) is 10.1 Å². The summed E-state index contributed by atoms with van der Waals surface area (Å²) in [6.45, 7) is -0.00939. The van der Waals surface area contributed by atoms with Crippen LogP contribution < -0.4 is 5.73 Å². The summed E-state index contributed by atoms with van der Waals surface area (Å²) in [5.41, 5.74) is 8.44. The first-order valence-electron chi connectivity index (χ1n) is 5.87. The van der Waals surface area contributed by atoms with Crippen molar-refractivity contribution in [2.45, 2.75) is 6.42 Å². The molecule has 0 aliphatic rings. The van der Waals surface area contributed by atoms with Gasteiger partial charge in [-0.05, 0) is 18.1 Å². The first kappa shape index (κ1) is 13.0. The second-order valence-electron chi connectivity index (χ2n) is 4.13. The van der Waals surface area contributed by atoms with Gasteiger partial charge in [0.25, 0.3) is 5.69 Å². The molecule has 0 unspecified atom stereocenters. The lowest BCUT2D eigenvalue weighted by Crippen LogP contribution is -2.01. The summed E-state index contributed by atoms with van der Waals surface area (Å²) in [5.74, 6) is 0. The molecule has 98 valence electrons. The highest BCUT2D eigenvalue weighted by Gasteiger charge is 2.17. The molecular weight excluding hydrogens is 244 g/mol. The number of nitrogens with two attached hydrogens (primary N) is 1. The zero-order valence-corrected chi connectivity index (χ0v) is 10.2. The van der Waals surface area contributed by atoms with Gasteiger partial charge in [-0.2, -0.15) is 0 Å². The molecule has 0 fully saturated rings. The van der Waals surface area contributed by atoms with E-state index in [2.05, 4.69) is 0 Å². The molecule has 0 saturated heterocycles. The molecule has 3 N–H and O–H groups in total. The third kappa shape index (κ3) is 2.56. The van der Waals surface area contributed by atoms with Crippen molar-refractivity contribution >= 4 is 11.4 Å². The van der Waals surface area contributed by atoms with Gasteiger partial charge < -0.3 is 10.8 Å². The molecule has 2 rings (SSSR count). The smallest absolute Gasteiger partial charge is 0.277 e. The third-order valence-electron chi connectivity index (χ3n) is 2.97. The number of aliphatic hydroxyl groups excluding tert-OH is 1. The fourth-order valence-corrected chi connectivity index (χ4v) is 2.05. The number of aliphatic hydroxyl groups is 1. The van der Waals surface area contributed by atoms with Gasteiger partial charge in [0.15, 0.2) is 0 Å². The molecule has 5 nitrogen and oxygen atoms in total. The van der Waals surface area contributed by atoms with E-state index in [-0.39, 0.29) is 12.3 Å². The van der Waals surface area contributed by atoms with E-state index in [4.69, 9.17) is 10.8 Å². The van der Waals surface area contributed by atoms with Gasteiger partial charge in [-0.3, -0.25) is 10.1 Å². The summed E-state index contributed by atoms with van der Waals surface area (Å²) in [6.07, 6.45) is 0.431. The summed E-state index contributed by atoms with van der Waals surface area (Å²) in [5, 5.41) is 20.0. The summed E-state index contributed by atoms with van der Waals surface area (Å²) in [7, 11) is 0. The Hall–Kier alpha value is -2.40. The Morgan fingerprint density at radius 3 is 2.47 bits per heavy atom. The minimum atomic E-state index is -0.423. The number of anilines is 1. The monoisotopic (exact) mass is 258 g/mol. The number of nitro groups is 1. The zero-order valence-electron chi connectivity index (χ0n) is 10.2. The molecule has 0 spiro atoms. The first-order chi connectivity index (χ1) is 9.15. The van der Waals surface area contributed by atoms with Gasteiger partial charge in [0, 0.05) is 23.9 Å². The quantitative estimate of drug-likeness (QED) is 0.500. The fourth-order valence-electron chi connectivity index (χ4n) is 2.05. The largest absolute Gasteiger partial charge is 0.398 e. The van der Waals surface area contributed by atoms with Crippen molar-refractivity contribution in [3.8, 4) is 11.1 Å². The van der Waals surface area contributed by atoms with E-state index in [1.165, 1.54) is 6.07 Å².